The van der Waals surface area contributed by atoms with E-state index in [4.69, 9.17) is 5.73 Å². The number of nitrogens with one attached hydrogen (secondary N) is 3. The topological polar surface area (TPSA) is 113 Å². The van der Waals surface area contributed by atoms with Crippen LogP contribution >= 0.6 is 0 Å². The fourth-order valence-electron chi connectivity index (χ4n) is 1.60. The molecular formula is C12H13N5O2. The molecule has 1 heterocycles. The average molecular weight is 259 g/mol. The Morgan fingerprint density at radius 2 is 1.95 bits per heavy atom. The zero-order chi connectivity index (χ0) is 13.8. The summed E-state index contributed by atoms with van der Waals surface area (Å²) < 4.78 is 0. The highest BCUT2D eigenvalue weighted by Gasteiger charge is 2.11. The van der Waals surface area contributed by atoms with E-state index in [-0.39, 0.29) is 5.91 Å². The zero-order valence-corrected chi connectivity index (χ0v) is 10.2. The molecule has 0 aliphatic heterocycles. The summed E-state index contributed by atoms with van der Waals surface area (Å²) in [6.07, 6.45) is 1.45. The number of carbonyl (C=O) groups excluding carboxylic acids is 2. The highest BCUT2D eigenvalue weighted by molar-refractivity contribution is 6.05. The summed E-state index contributed by atoms with van der Waals surface area (Å²) >= 11 is 0. The molecule has 7 heteroatoms. The van der Waals surface area contributed by atoms with E-state index in [0.29, 0.717) is 22.6 Å². The van der Waals surface area contributed by atoms with E-state index in [2.05, 4.69) is 20.8 Å². The molecule has 2 rings (SSSR count). The summed E-state index contributed by atoms with van der Waals surface area (Å²) in [6.45, 7) is 1.76. The third-order valence-corrected chi connectivity index (χ3v) is 2.46. The SMILES string of the molecule is Cc1[nH]ncc1C(=O)Nc1cccc(NC(N)=O)c1. The first-order chi connectivity index (χ1) is 9.06. The third-order valence-electron chi connectivity index (χ3n) is 2.46. The van der Waals surface area contributed by atoms with Gasteiger partial charge in [0.05, 0.1) is 11.8 Å². The van der Waals surface area contributed by atoms with Crippen LogP contribution < -0.4 is 16.4 Å². The Morgan fingerprint density at radius 1 is 1.26 bits per heavy atom. The number of nitrogens with zero attached hydrogens (tertiary/aromatic N) is 1. The minimum absolute atomic E-state index is 0.275. The molecule has 0 bridgehead atoms. The number of hydrogen-bond donors (Lipinski definition) is 4. The number of anilines is 2. The van der Waals surface area contributed by atoms with Crippen molar-refractivity contribution in [3.8, 4) is 0 Å². The van der Waals surface area contributed by atoms with Gasteiger partial charge < -0.3 is 16.4 Å². The summed E-state index contributed by atoms with van der Waals surface area (Å²) in [5, 5.41) is 11.6. The summed E-state index contributed by atoms with van der Waals surface area (Å²) in [5.41, 5.74) is 7.23. The number of H-pyrrole nitrogens is 1. The Labute approximate surface area is 109 Å². The first-order valence-corrected chi connectivity index (χ1v) is 5.54. The van der Waals surface area contributed by atoms with Crippen LogP contribution in [0.5, 0.6) is 0 Å². The van der Waals surface area contributed by atoms with Gasteiger partial charge in [0.15, 0.2) is 0 Å². The third kappa shape index (κ3) is 3.09. The number of urea groups is 1. The molecule has 3 amide bonds. The predicted molar refractivity (Wildman–Crippen MR) is 70.9 cm³/mol. The van der Waals surface area contributed by atoms with Gasteiger partial charge in [0.2, 0.25) is 0 Å². The van der Waals surface area contributed by atoms with Crippen LogP contribution in [-0.2, 0) is 0 Å². The maximum absolute atomic E-state index is 11.9. The van der Waals surface area contributed by atoms with Crippen LogP contribution in [0.25, 0.3) is 0 Å². The minimum Gasteiger partial charge on any atom is -0.351 e. The first kappa shape index (κ1) is 12.6. The van der Waals surface area contributed by atoms with Gasteiger partial charge in [0, 0.05) is 17.1 Å². The molecule has 1 aromatic heterocycles. The Hall–Kier alpha value is -2.83. The van der Waals surface area contributed by atoms with Gasteiger partial charge in [-0.05, 0) is 25.1 Å². The van der Waals surface area contributed by atoms with Crippen LogP contribution in [0, 0.1) is 6.92 Å². The fraction of sp³-hybridized carbons (Fsp3) is 0.0833. The van der Waals surface area contributed by atoms with Crippen molar-refractivity contribution >= 4 is 23.3 Å². The van der Waals surface area contributed by atoms with E-state index < -0.39 is 6.03 Å². The van der Waals surface area contributed by atoms with Gasteiger partial charge in [-0.25, -0.2) is 4.79 Å². The second kappa shape index (κ2) is 5.21. The molecule has 0 spiro atoms. The highest BCUT2D eigenvalue weighted by atomic mass is 16.2. The summed E-state index contributed by atoms with van der Waals surface area (Å²) in [4.78, 5) is 22.7. The maximum atomic E-state index is 11.9. The highest BCUT2D eigenvalue weighted by Crippen LogP contribution is 2.16. The van der Waals surface area contributed by atoms with Crippen molar-refractivity contribution < 1.29 is 9.59 Å². The molecule has 1 aromatic carbocycles. The van der Waals surface area contributed by atoms with Crippen molar-refractivity contribution in [2.75, 3.05) is 10.6 Å². The van der Waals surface area contributed by atoms with E-state index in [1.807, 2.05) is 0 Å². The predicted octanol–water partition coefficient (Wildman–Crippen LogP) is 1.46. The monoisotopic (exact) mass is 259 g/mol. The summed E-state index contributed by atoms with van der Waals surface area (Å²) in [6, 6.07) is 6.03. The van der Waals surface area contributed by atoms with Crippen molar-refractivity contribution in [2.45, 2.75) is 6.92 Å². The largest absolute Gasteiger partial charge is 0.351 e. The molecule has 0 saturated heterocycles. The van der Waals surface area contributed by atoms with Gasteiger partial charge in [-0.1, -0.05) is 6.07 Å². The van der Waals surface area contributed by atoms with Crippen molar-refractivity contribution in [3.05, 3.63) is 41.7 Å². The average Bonchev–Trinajstić information content (AvgIpc) is 2.75. The number of hydrogen-bond acceptors (Lipinski definition) is 3. The number of benzene rings is 1. The number of rotatable bonds is 3. The molecule has 0 radical (unpaired) electrons. The van der Waals surface area contributed by atoms with E-state index in [1.54, 1.807) is 31.2 Å². The first-order valence-electron chi connectivity index (χ1n) is 5.54. The fourth-order valence-corrected chi connectivity index (χ4v) is 1.60. The standard InChI is InChI=1S/C12H13N5O2/c1-7-10(6-14-17-7)11(18)15-8-3-2-4-9(5-8)16-12(13)19/h2-6H,1H3,(H,14,17)(H,15,18)(H3,13,16,19). The van der Waals surface area contributed by atoms with Crippen LogP contribution in [0.1, 0.15) is 16.1 Å². The van der Waals surface area contributed by atoms with Crippen LogP contribution in [0.15, 0.2) is 30.5 Å². The number of primary amides is 1. The van der Waals surface area contributed by atoms with E-state index in [1.165, 1.54) is 6.20 Å². The molecule has 0 aliphatic carbocycles. The molecule has 0 saturated carbocycles. The molecular weight excluding hydrogens is 246 g/mol. The molecule has 0 atom stereocenters. The lowest BCUT2D eigenvalue weighted by atomic mass is 10.2. The van der Waals surface area contributed by atoms with Crippen LogP contribution in [0.3, 0.4) is 0 Å². The minimum atomic E-state index is -0.658. The summed E-state index contributed by atoms with van der Waals surface area (Å²) in [5.74, 6) is -0.275. The molecule has 5 N–H and O–H groups in total. The smallest absolute Gasteiger partial charge is 0.316 e. The Balaban J connectivity index is 2.13. The number of nitrogens with two attached hydrogens (primary N) is 1. The van der Waals surface area contributed by atoms with Crippen LogP contribution in [0.2, 0.25) is 0 Å². The van der Waals surface area contributed by atoms with Crippen molar-refractivity contribution in [1.29, 1.82) is 0 Å². The lowest BCUT2D eigenvalue weighted by Crippen LogP contribution is -2.19. The molecule has 98 valence electrons. The quantitative estimate of drug-likeness (QED) is 0.669. The lowest BCUT2D eigenvalue weighted by molar-refractivity contribution is 0.102. The van der Waals surface area contributed by atoms with Gasteiger partial charge in [-0.2, -0.15) is 5.10 Å². The van der Waals surface area contributed by atoms with Gasteiger partial charge in [-0.3, -0.25) is 9.89 Å². The number of aromatic amines is 1. The molecule has 0 fully saturated rings. The maximum Gasteiger partial charge on any atom is 0.316 e. The molecule has 2 aromatic rings. The van der Waals surface area contributed by atoms with Crippen LogP contribution in [-0.4, -0.2) is 22.1 Å². The van der Waals surface area contributed by atoms with Gasteiger partial charge >= 0.3 is 6.03 Å². The van der Waals surface area contributed by atoms with Gasteiger partial charge in [-0.15, -0.1) is 0 Å². The van der Waals surface area contributed by atoms with Crippen molar-refractivity contribution in [3.63, 3.8) is 0 Å². The second-order valence-electron chi connectivity index (χ2n) is 3.93. The second-order valence-corrected chi connectivity index (χ2v) is 3.93. The number of carbonyl (C=O) groups is 2. The Morgan fingerprint density at radius 3 is 2.53 bits per heavy atom. The molecule has 0 unspecified atom stereocenters. The van der Waals surface area contributed by atoms with Crippen LogP contribution in [0.4, 0.5) is 16.2 Å². The Bertz CT molecular complexity index is 620. The summed E-state index contributed by atoms with van der Waals surface area (Å²) in [7, 11) is 0. The molecule has 7 nitrogen and oxygen atoms in total. The molecule has 19 heavy (non-hydrogen) atoms. The number of amides is 3. The lowest BCUT2D eigenvalue weighted by Gasteiger charge is -2.07. The van der Waals surface area contributed by atoms with Gasteiger partial charge in [0.25, 0.3) is 5.91 Å². The van der Waals surface area contributed by atoms with Crippen molar-refractivity contribution in [2.24, 2.45) is 5.73 Å². The van der Waals surface area contributed by atoms with E-state index in [0.717, 1.165) is 0 Å². The number of aromatic nitrogens is 2. The normalized spacial score (nSPS) is 9.95. The van der Waals surface area contributed by atoms with E-state index >= 15 is 0 Å². The van der Waals surface area contributed by atoms with Gasteiger partial charge in [0.1, 0.15) is 0 Å². The van der Waals surface area contributed by atoms with E-state index in [9.17, 15) is 9.59 Å². The van der Waals surface area contributed by atoms with Crippen molar-refractivity contribution in [1.82, 2.24) is 10.2 Å². The zero-order valence-electron chi connectivity index (χ0n) is 10.2. The molecule has 0 aliphatic rings. The number of aryl methyl sites for hydroxylation is 1. The Kier molecular flexibility index (Phi) is 3.46.